The lowest BCUT2D eigenvalue weighted by Gasteiger charge is -2.35. The third-order valence-corrected chi connectivity index (χ3v) is 6.73. The van der Waals surface area contributed by atoms with Crippen molar-refractivity contribution >= 4 is 21.8 Å². The van der Waals surface area contributed by atoms with E-state index < -0.39 is 20.6 Å². The molecule has 0 bridgehead atoms. The molecule has 0 aliphatic carbocycles. The molecule has 1 fully saturated rings. The maximum absolute atomic E-state index is 13.2. The first-order valence-corrected chi connectivity index (χ1v) is 8.82. The molecule has 20 heavy (non-hydrogen) atoms. The number of piperidine rings is 1. The van der Waals surface area contributed by atoms with Crippen LogP contribution in [0.1, 0.15) is 12.8 Å². The van der Waals surface area contributed by atoms with Gasteiger partial charge in [0.15, 0.2) is 0 Å². The molecule has 0 spiro atoms. The number of halogens is 1. The molecule has 0 atom stereocenters. The van der Waals surface area contributed by atoms with Crippen LogP contribution in [0.2, 0.25) is 0 Å². The van der Waals surface area contributed by atoms with Crippen LogP contribution in [-0.4, -0.2) is 36.8 Å². The van der Waals surface area contributed by atoms with E-state index in [4.69, 9.17) is 0 Å². The molecule has 1 aliphatic heterocycles. The zero-order valence-corrected chi connectivity index (χ0v) is 12.7. The molecule has 7 heteroatoms. The maximum Gasteiger partial charge on any atom is 0.243 e. The van der Waals surface area contributed by atoms with Crippen molar-refractivity contribution in [1.82, 2.24) is 4.31 Å². The molecule has 1 heterocycles. The Morgan fingerprint density at radius 2 is 2.05 bits per heavy atom. The molecule has 1 aliphatic rings. The van der Waals surface area contributed by atoms with Crippen molar-refractivity contribution in [3.05, 3.63) is 30.1 Å². The number of sulfonamides is 1. The summed E-state index contributed by atoms with van der Waals surface area (Å²) < 4.78 is 38.8. The average molecular weight is 314 g/mol. The molecule has 1 aromatic carbocycles. The lowest BCUT2D eigenvalue weighted by Crippen LogP contribution is -2.44. The van der Waals surface area contributed by atoms with Crippen LogP contribution in [0.3, 0.4) is 0 Å². The summed E-state index contributed by atoms with van der Waals surface area (Å²) >= 11 is 1.46. The summed E-state index contributed by atoms with van der Waals surface area (Å²) in [5.41, 5.74) is 0. The van der Waals surface area contributed by atoms with Crippen LogP contribution in [-0.2, 0) is 10.0 Å². The zero-order chi connectivity index (χ0) is 14.8. The molecule has 0 amide bonds. The first-order valence-electron chi connectivity index (χ1n) is 6.16. The fraction of sp³-hybridized carbons (Fsp3) is 0.462. The summed E-state index contributed by atoms with van der Waals surface area (Å²) in [4.78, 5) is -0.0360. The second-order valence-electron chi connectivity index (χ2n) is 4.67. The van der Waals surface area contributed by atoms with Crippen LogP contribution >= 0.6 is 11.8 Å². The molecule has 0 unspecified atom stereocenters. The number of rotatable bonds is 3. The molecular formula is C13H15FN2O2S2. The topological polar surface area (TPSA) is 61.2 Å². The van der Waals surface area contributed by atoms with Gasteiger partial charge in [0.05, 0.1) is 11.0 Å². The minimum absolute atomic E-state index is 0.0360. The first-order chi connectivity index (χ1) is 9.43. The Hall–Kier alpha value is -1.10. The Balaban J connectivity index is 2.20. The van der Waals surface area contributed by atoms with Crippen LogP contribution in [0, 0.1) is 17.1 Å². The Kier molecular flexibility index (Phi) is 4.37. The van der Waals surface area contributed by atoms with Crippen LogP contribution in [0.15, 0.2) is 29.2 Å². The molecule has 1 aromatic rings. The standard InChI is InChI=1S/C13H15FN2O2S2/c1-19-13(10-15)5-7-16(8-6-13)20(17,18)12-4-2-3-11(14)9-12/h2-4,9H,5-8H2,1H3. The van der Waals surface area contributed by atoms with Gasteiger partial charge in [0.1, 0.15) is 10.6 Å². The molecule has 108 valence electrons. The normalized spacial score (nSPS) is 19.4. The predicted octanol–water partition coefficient (Wildman–Crippen LogP) is 2.24. The number of thioether (sulfide) groups is 1. The van der Waals surface area contributed by atoms with Crippen molar-refractivity contribution in [1.29, 1.82) is 5.26 Å². The van der Waals surface area contributed by atoms with E-state index in [9.17, 15) is 18.1 Å². The molecule has 0 radical (unpaired) electrons. The highest BCUT2D eigenvalue weighted by Crippen LogP contribution is 2.35. The highest BCUT2D eigenvalue weighted by Gasteiger charge is 2.38. The second kappa shape index (κ2) is 5.72. The van der Waals surface area contributed by atoms with Gasteiger partial charge in [-0.05, 0) is 37.3 Å². The van der Waals surface area contributed by atoms with E-state index in [1.54, 1.807) is 0 Å². The van der Waals surface area contributed by atoms with Gasteiger partial charge < -0.3 is 0 Å². The third kappa shape index (κ3) is 2.82. The van der Waals surface area contributed by atoms with Crippen molar-refractivity contribution < 1.29 is 12.8 Å². The average Bonchev–Trinajstić information content (AvgIpc) is 2.47. The molecule has 4 nitrogen and oxygen atoms in total. The molecular weight excluding hydrogens is 299 g/mol. The number of benzene rings is 1. The van der Waals surface area contributed by atoms with E-state index in [-0.39, 0.29) is 18.0 Å². The summed E-state index contributed by atoms with van der Waals surface area (Å²) in [6, 6.07) is 7.28. The highest BCUT2D eigenvalue weighted by atomic mass is 32.2. The van der Waals surface area contributed by atoms with Crippen molar-refractivity contribution in [2.75, 3.05) is 19.3 Å². The van der Waals surface area contributed by atoms with E-state index in [1.165, 1.54) is 34.3 Å². The van der Waals surface area contributed by atoms with E-state index in [2.05, 4.69) is 6.07 Å². The summed E-state index contributed by atoms with van der Waals surface area (Å²) in [5.74, 6) is -0.571. The van der Waals surface area contributed by atoms with Crippen molar-refractivity contribution in [2.45, 2.75) is 22.5 Å². The lowest BCUT2D eigenvalue weighted by atomic mass is 9.99. The minimum Gasteiger partial charge on any atom is -0.207 e. The fourth-order valence-electron chi connectivity index (χ4n) is 2.23. The quantitative estimate of drug-likeness (QED) is 0.858. The molecule has 1 saturated heterocycles. The Morgan fingerprint density at radius 1 is 1.40 bits per heavy atom. The minimum atomic E-state index is -3.68. The smallest absolute Gasteiger partial charge is 0.207 e. The van der Waals surface area contributed by atoms with Crippen molar-refractivity contribution in [3.63, 3.8) is 0 Å². The van der Waals surface area contributed by atoms with E-state index in [1.807, 2.05) is 6.26 Å². The lowest BCUT2D eigenvalue weighted by molar-refractivity contribution is 0.327. The van der Waals surface area contributed by atoms with Gasteiger partial charge in [0.25, 0.3) is 0 Å². The van der Waals surface area contributed by atoms with Gasteiger partial charge in [-0.3, -0.25) is 0 Å². The van der Waals surface area contributed by atoms with E-state index in [0.717, 1.165) is 6.07 Å². The number of nitrogens with zero attached hydrogens (tertiary/aromatic N) is 2. The van der Waals surface area contributed by atoms with Gasteiger partial charge in [0, 0.05) is 13.1 Å². The summed E-state index contributed by atoms with van der Waals surface area (Å²) in [5, 5.41) is 9.20. The predicted molar refractivity (Wildman–Crippen MR) is 76.3 cm³/mol. The van der Waals surface area contributed by atoms with Crippen LogP contribution in [0.4, 0.5) is 4.39 Å². The van der Waals surface area contributed by atoms with Crippen LogP contribution in [0.25, 0.3) is 0 Å². The number of nitriles is 1. The van der Waals surface area contributed by atoms with Crippen molar-refractivity contribution in [3.8, 4) is 6.07 Å². The zero-order valence-electron chi connectivity index (χ0n) is 11.0. The van der Waals surface area contributed by atoms with Crippen LogP contribution in [0.5, 0.6) is 0 Å². The second-order valence-corrected chi connectivity index (χ2v) is 7.80. The van der Waals surface area contributed by atoms with Crippen LogP contribution < -0.4 is 0 Å². The van der Waals surface area contributed by atoms with Gasteiger partial charge >= 0.3 is 0 Å². The maximum atomic E-state index is 13.2. The Bertz CT molecular complexity index is 632. The number of hydrogen-bond acceptors (Lipinski definition) is 4. The molecule has 0 N–H and O–H groups in total. The summed E-state index contributed by atoms with van der Waals surface area (Å²) in [6.07, 6.45) is 2.83. The molecule has 0 aromatic heterocycles. The molecule has 0 saturated carbocycles. The van der Waals surface area contributed by atoms with Gasteiger partial charge in [0.2, 0.25) is 10.0 Å². The highest BCUT2D eigenvalue weighted by molar-refractivity contribution is 8.00. The fourth-order valence-corrected chi connectivity index (χ4v) is 4.38. The Labute approximate surface area is 122 Å². The van der Waals surface area contributed by atoms with Crippen molar-refractivity contribution in [2.24, 2.45) is 0 Å². The van der Waals surface area contributed by atoms with Gasteiger partial charge in [-0.15, -0.1) is 11.8 Å². The Morgan fingerprint density at radius 3 is 2.55 bits per heavy atom. The molecule has 2 rings (SSSR count). The summed E-state index contributed by atoms with van der Waals surface area (Å²) in [7, 11) is -3.68. The van der Waals surface area contributed by atoms with Gasteiger partial charge in [-0.25, -0.2) is 12.8 Å². The summed E-state index contributed by atoms with van der Waals surface area (Å²) in [6.45, 7) is 0.570. The monoisotopic (exact) mass is 314 g/mol. The largest absolute Gasteiger partial charge is 0.243 e. The van der Waals surface area contributed by atoms with Gasteiger partial charge in [-0.1, -0.05) is 6.07 Å². The van der Waals surface area contributed by atoms with E-state index in [0.29, 0.717) is 12.8 Å². The third-order valence-electron chi connectivity index (χ3n) is 3.56. The SMILES string of the molecule is CSC1(C#N)CCN(S(=O)(=O)c2cccc(F)c2)CC1. The van der Waals surface area contributed by atoms with E-state index >= 15 is 0 Å². The first kappa shape index (κ1) is 15.3. The van der Waals surface area contributed by atoms with Gasteiger partial charge in [-0.2, -0.15) is 9.57 Å². The number of hydrogen-bond donors (Lipinski definition) is 0.